The molecule has 2 rings (SSSR count). The quantitative estimate of drug-likeness (QED) is 0.796. The fraction of sp³-hybridized carbons (Fsp3) is 0.167. The second kappa shape index (κ2) is 3.84. The molecule has 1 aromatic carbocycles. The number of nitrogens with two attached hydrogens (primary N) is 1. The predicted octanol–water partition coefficient (Wildman–Crippen LogP) is 3.23. The molecule has 72 valence electrons. The number of hydrogen-bond donors (Lipinski definition) is 1. The van der Waals surface area contributed by atoms with Gasteiger partial charge in [0.1, 0.15) is 0 Å². The second-order valence-electron chi connectivity index (χ2n) is 3.45. The molecule has 14 heavy (non-hydrogen) atoms. The summed E-state index contributed by atoms with van der Waals surface area (Å²) in [5, 5.41) is 1.99. The molecule has 0 aliphatic heterocycles. The van der Waals surface area contributed by atoms with Crippen LogP contribution >= 0.6 is 11.3 Å². The lowest BCUT2D eigenvalue weighted by molar-refractivity contribution is 1.19. The molecule has 0 saturated heterocycles. The van der Waals surface area contributed by atoms with Crippen LogP contribution in [-0.2, 0) is 6.42 Å². The minimum Gasteiger partial charge on any atom is -0.398 e. The summed E-state index contributed by atoms with van der Waals surface area (Å²) < 4.78 is 0. The Morgan fingerprint density at radius 3 is 2.71 bits per heavy atom. The maximum atomic E-state index is 5.68. The zero-order valence-corrected chi connectivity index (χ0v) is 8.97. The van der Waals surface area contributed by atoms with Crippen molar-refractivity contribution >= 4 is 17.0 Å². The predicted molar refractivity (Wildman–Crippen MR) is 62.7 cm³/mol. The maximum Gasteiger partial charge on any atom is 0.0425 e. The monoisotopic (exact) mass is 203 g/mol. The summed E-state index contributed by atoms with van der Waals surface area (Å²) in [6, 6.07) is 10.5. The number of aryl methyl sites for hydroxylation is 1. The van der Waals surface area contributed by atoms with Gasteiger partial charge in [0.15, 0.2) is 0 Å². The molecule has 0 amide bonds. The fourth-order valence-electron chi connectivity index (χ4n) is 1.49. The first-order valence-electron chi connectivity index (χ1n) is 4.63. The van der Waals surface area contributed by atoms with Gasteiger partial charge < -0.3 is 5.73 Å². The van der Waals surface area contributed by atoms with E-state index in [9.17, 15) is 0 Å². The van der Waals surface area contributed by atoms with E-state index >= 15 is 0 Å². The molecule has 0 fully saturated rings. The Bertz CT molecular complexity index is 431. The Hall–Kier alpha value is -1.28. The average molecular weight is 203 g/mol. The zero-order valence-electron chi connectivity index (χ0n) is 8.16. The summed E-state index contributed by atoms with van der Waals surface area (Å²) >= 11 is 1.73. The van der Waals surface area contributed by atoms with E-state index < -0.39 is 0 Å². The minimum absolute atomic E-state index is 0.874. The highest BCUT2D eigenvalue weighted by Gasteiger charge is 2.01. The SMILES string of the molecule is Cc1ccccc1Cc1cc(N)cs1. The van der Waals surface area contributed by atoms with Crippen LogP contribution in [0.2, 0.25) is 0 Å². The van der Waals surface area contributed by atoms with Crippen molar-refractivity contribution in [2.45, 2.75) is 13.3 Å². The lowest BCUT2D eigenvalue weighted by Gasteiger charge is -2.02. The lowest BCUT2D eigenvalue weighted by Crippen LogP contribution is -1.88. The van der Waals surface area contributed by atoms with Crippen molar-refractivity contribution in [3.8, 4) is 0 Å². The van der Waals surface area contributed by atoms with Crippen molar-refractivity contribution in [2.24, 2.45) is 0 Å². The van der Waals surface area contributed by atoms with Crippen LogP contribution in [0, 0.1) is 6.92 Å². The van der Waals surface area contributed by atoms with Crippen molar-refractivity contribution in [3.05, 3.63) is 51.7 Å². The van der Waals surface area contributed by atoms with E-state index in [4.69, 9.17) is 5.73 Å². The molecule has 0 aliphatic carbocycles. The summed E-state index contributed by atoms with van der Waals surface area (Å²) in [4.78, 5) is 1.33. The van der Waals surface area contributed by atoms with E-state index in [1.807, 2.05) is 5.38 Å². The highest BCUT2D eigenvalue weighted by molar-refractivity contribution is 7.10. The molecule has 0 saturated carbocycles. The zero-order chi connectivity index (χ0) is 9.97. The van der Waals surface area contributed by atoms with Crippen LogP contribution in [0.5, 0.6) is 0 Å². The number of anilines is 1. The summed E-state index contributed by atoms with van der Waals surface area (Å²) in [7, 11) is 0. The molecule has 1 nitrogen and oxygen atoms in total. The third kappa shape index (κ3) is 1.96. The van der Waals surface area contributed by atoms with E-state index in [1.54, 1.807) is 11.3 Å². The van der Waals surface area contributed by atoms with E-state index in [0.29, 0.717) is 0 Å². The average Bonchev–Trinajstić information content (AvgIpc) is 2.56. The number of hydrogen-bond acceptors (Lipinski definition) is 2. The topological polar surface area (TPSA) is 26.0 Å². The molecule has 2 heteroatoms. The Labute approximate surface area is 88.2 Å². The van der Waals surface area contributed by atoms with Crippen LogP contribution in [-0.4, -0.2) is 0 Å². The summed E-state index contributed by atoms with van der Waals surface area (Å²) in [5.41, 5.74) is 9.28. The molecule has 1 aromatic heterocycles. The second-order valence-corrected chi connectivity index (χ2v) is 4.45. The van der Waals surface area contributed by atoms with Crippen LogP contribution in [0.3, 0.4) is 0 Å². The minimum atomic E-state index is 0.874. The molecule has 0 radical (unpaired) electrons. The van der Waals surface area contributed by atoms with Gasteiger partial charge in [0.2, 0.25) is 0 Å². The van der Waals surface area contributed by atoms with Crippen molar-refractivity contribution in [3.63, 3.8) is 0 Å². The highest BCUT2D eigenvalue weighted by Crippen LogP contribution is 2.21. The molecule has 0 spiro atoms. The largest absolute Gasteiger partial charge is 0.398 e. The van der Waals surface area contributed by atoms with Gasteiger partial charge in [-0.1, -0.05) is 24.3 Å². The molecule has 0 aliphatic rings. The van der Waals surface area contributed by atoms with Crippen LogP contribution in [0.25, 0.3) is 0 Å². The van der Waals surface area contributed by atoms with Gasteiger partial charge in [-0.2, -0.15) is 0 Å². The fourth-order valence-corrected chi connectivity index (χ4v) is 2.28. The number of nitrogen functional groups attached to an aromatic ring is 1. The van der Waals surface area contributed by atoms with Crippen molar-refractivity contribution in [1.82, 2.24) is 0 Å². The van der Waals surface area contributed by atoms with Crippen LogP contribution in [0.4, 0.5) is 5.69 Å². The highest BCUT2D eigenvalue weighted by atomic mass is 32.1. The summed E-state index contributed by atoms with van der Waals surface area (Å²) in [6.45, 7) is 2.15. The van der Waals surface area contributed by atoms with Gasteiger partial charge >= 0.3 is 0 Å². The van der Waals surface area contributed by atoms with Crippen LogP contribution in [0.15, 0.2) is 35.7 Å². The Kier molecular flexibility index (Phi) is 2.55. The van der Waals surface area contributed by atoms with Gasteiger partial charge in [-0.05, 0) is 24.1 Å². The van der Waals surface area contributed by atoms with Gasteiger partial charge in [0.25, 0.3) is 0 Å². The van der Waals surface area contributed by atoms with Gasteiger partial charge in [0.05, 0.1) is 0 Å². The molecule has 2 aromatic rings. The molecular weight excluding hydrogens is 190 g/mol. The van der Waals surface area contributed by atoms with Gasteiger partial charge in [0, 0.05) is 22.4 Å². The summed E-state index contributed by atoms with van der Waals surface area (Å²) in [5.74, 6) is 0. The van der Waals surface area contributed by atoms with Crippen LogP contribution in [0.1, 0.15) is 16.0 Å². The first-order valence-corrected chi connectivity index (χ1v) is 5.51. The lowest BCUT2D eigenvalue weighted by atomic mass is 10.1. The molecule has 0 bridgehead atoms. The van der Waals surface area contributed by atoms with Crippen molar-refractivity contribution < 1.29 is 0 Å². The maximum absolute atomic E-state index is 5.68. The third-order valence-corrected chi connectivity index (χ3v) is 3.25. The number of benzene rings is 1. The van der Waals surface area contributed by atoms with Crippen molar-refractivity contribution in [2.75, 3.05) is 5.73 Å². The van der Waals surface area contributed by atoms with Gasteiger partial charge in [-0.25, -0.2) is 0 Å². The molecular formula is C12H13NS. The Balaban J connectivity index is 2.23. The van der Waals surface area contributed by atoms with Crippen LogP contribution < -0.4 is 5.73 Å². The third-order valence-electron chi connectivity index (χ3n) is 2.30. The van der Waals surface area contributed by atoms with E-state index in [-0.39, 0.29) is 0 Å². The van der Waals surface area contributed by atoms with E-state index in [0.717, 1.165) is 12.1 Å². The molecule has 2 N–H and O–H groups in total. The molecule has 1 heterocycles. The Morgan fingerprint density at radius 1 is 1.29 bits per heavy atom. The molecule has 0 atom stereocenters. The van der Waals surface area contributed by atoms with Gasteiger partial charge in [-0.3, -0.25) is 0 Å². The number of thiophene rings is 1. The Morgan fingerprint density at radius 2 is 2.07 bits per heavy atom. The van der Waals surface area contributed by atoms with E-state index in [1.165, 1.54) is 16.0 Å². The normalized spacial score (nSPS) is 10.4. The summed E-state index contributed by atoms with van der Waals surface area (Å²) in [6.07, 6.45) is 0.995. The van der Waals surface area contributed by atoms with Gasteiger partial charge in [-0.15, -0.1) is 11.3 Å². The van der Waals surface area contributed by atoms with E-state index in [2.05, 4.69) is 37.3 Å². The first kappa shape index (κ1) is 9.28. The number of rotatable bonds is 2. The first-order chi connectivity index (χ1) is 6.75. The van der Waals surface area contributed by atoms with Crippen molar-refractivity contribution in [1.29, 1.82) is 0 Å². The smallest absolute Gasteiger partial charge is 0.0425 e. The standard InChI is InChI=1S/C12H13NS/c1-9-4-2-3-5-10(9)6-12-7-11(13)8-14-12/h2-5,7-8H,6,13H2,1H3. The molecule has 0 unspecified atom stereocenters.